The molecule has 0 saturated carbocycles. The molecule has 0 spiro atoms. The second-order valence-electron chi connectivity index (χ2n) is 6.08. The van der Waals surface area contributed by atoms with Crippen LogP contribution in [-0.2, 0) is 4.79 Å². The summed E-state index contributed by atoms with van der Waals surface area (Å²) in [6.07, 6.45) is 3.41. The molecule has 21 heavy (non-hydrogen) atoms. The van der Waals surface area contributed by atoms with Crippen molar-refractivity contribution in [2.45, 2.75) is 26.7 Å². The Hall–Kier alpha value is -1.62. The van der Waals surface area contributed by atoms with Crippen LogP contribution < -0.4 is 10.1 Å². The summed E-state index contributed by atoms with van der Waals surface area (Å²) >= 11 is 0. The first kappa shape index (κ1) is 15.8. The summed E-state index contributed by atoms with van der Waals surface area (Å²) in [5.41, 5.74) is 0. The lowest BCUT2D eigenvalue weighted by Gasteiger charge is -2.34. The molecule has 2 heterocycles. The van der Waals surface area contributed by atoms with E-state index in [1.54, 1.807) is 25.4 Å². The lowest BCUT2D eigenvalue weighted by atomic mass is 9.92. The van der Waals surface area contributed by atoms with Gasteiger partial charge in [0, 0.05) is 38.3 Å². The molecule has 5 nitrogen and oxygen atoms in total. The van der Waals surface area contributed by atoms with E-state index in [-0.39, 0.29) is 5.91 Å². The zero-order valence-corrected chi connectivity index (χ0v) is 13.1. The number of hydrogen-bond donors (Lipinski definition) is 1. The van der Waals surface area contributed by atoms with Crippen LogP contribution in [0.25, 0.3) is 0 Å². The zero-order chi connectivity index (χ0) is 15.2. The number of carbonyl (C=O) groups is 1. The zero-order valence-electron chi connectivity index (χ0n) is 13.1. The van der Waals surface area contributed by atoms with Crippen LogP contribution in [0.4, 0.5) is 5.82 Å². The number of hydrogen-bond acceptors (Lipinski definition) is 4. The van der Waals surface area contributed by atoms with E-state index in [2.05, 4.69) is 29.0 Å². The summed E-state index contributed by atoms with van der Waals surface area (Å²) in [5.74, 6) is 2.68. The Bertz CT molecular complexity index is 468. The molecule has 1 aromatic rings. The number of pyridine rings is 1. The van der Waals surface area contributed by atoms with Gasteiger partial charge >= 0.3 is 0 Å². The molecule has 1 amide bonds. The van der Waals surface area contributed by atoms with Gasteiger partial charge in [0.1, 0.15) is 11.6 Å². The maximum atomic E-state index is 12.0. The minimum absolute atomic E-state index is 0.00151. The number of nitrogens with zero attached hydrogens (tertiary/aromatic N) is 2. The Morgan fingerprint density at radius 3 is 2.81 bits per heavy atom. The van der Waals surface area contributed by atoms with Crippen molar-refractivity contribution in [3.63, 3.8) is 0 Å². The lowest BCUT2D eigenvalue weighted by molar-refractivity contribution is -0.116. The van der Waals surface area contributed by atoms with Gasteiger partial charge in [-0.05, 0) is 24.3 Å². The van der Waals surface area contributed by atoms with Gasteiger partial charge in [0.15, 0.2) is 0 Å². The smallest absolute Gasteiger partial charge is 0.226 e. The van der Waals surface area contributed by atoms with Crippen LogP contribution in [0.1, 0.15) is 26.7 Å². The van der Waals surface area contributed by atoms with Gasteiger partial charge in [-0.1, -0.05) is 13.8 Å². The van der Waals surface area contributed by atoms with Crippen LogP contribution in [0.5, 0.6) is 5.75 Å². The maximum Gasteiger partial charge on any atom is 0.226 e. The molecule has 2 unspecified atom stereocenters. The number of piperidine rings is 1. The molecule has 1 aliphatic rings. The fraction of sp³-hybridized carbons (Fsp3) is 0.625. The Labute approximate surface area is 126 Å². The average molecular weight is 291 g/mol. The first-order chi connectivity index (χ1) is 10.1. The number of likely N-dealkylation sites (tertiary alicyclic amines) is 1. The van der Waals surface area contributed by atoms with E-state index in [0.717, 1.165) is 31.5 Å². The van der Waals surface area contributed by atoms with Crippen molar-refractivity contribution < 1.29 is 9.53 Å². The molecule has 1 N–H and O–H groups in total. The molecule has 2 rings (SSSR count). The first-order valence-electron chi connectivity index (χ1n) is 7.59. The predicted octanol–water partition coefficient (Wildman–Crippen LogP) is 2.40. The van der Waals surface area contributed by atoms with Crippen LogP contribution in [0.15, 0.2) is 18.3 Å². The standard InChI is InChI=1S/C16H25N3O2/c1-12-8-13(2)11-19(10-12)7-5-16(20)18-15-9-14(21-3)4-6-17-15/h4,6,9,12-13H,5,7-8,10-11H2,1-3H3,(H,17,18,20). The van der Waals surface area contributed by atoms with Crippen LogP contribution >= 0.6 is 0 Å². The summed E-state index contributed by atoms with van der Waals surface area (Å²) in [4.78, 5) is 18.5. The molecule has 0 bridgehead atoms. The number of nitrogens with one attached hydrogen (secondary N) is 1. The molecule has 1 fully saturated rings. The van der Waals surface area contributed by atoms with E-state index in [1.807, 2.05) is 0 Å². The van der Waals surface area contributed by atoms with Gasteiger partial charge in [-0.3, -0.25) is 4.79 Å². The topological polar surface area (TPSA) is 54.5 Å². The summed E-state index contributed by atoms with van der Waals surface area (Å²) in [5, 5.41) is 2.82. The highest BCUT2D eigenvalue weighted by atomic mass is 16.5. The average Bonchev–Trinajstić information content (AvgIpc) is 2.44. The molecule has 1 aliphatic heterocycles. The summed E-state index contributed by atoms with van der Waals surface area (Å²) in [7, 11) is 1.60. The largest absolute Gasteiger partial charge is 0.497 e. The fourth-order valence-electron chi connectivity index (χ4n) is 3.05. The molecular weight excluding hydrogens is 266 g/mol. The highest BCUT2D eigenvalue weighted by Gasteiger charge is 2.21. The van der Waals surface area contributed by atoms with Crippen molar-refractivity contribution in [2.75, 3.05) is 32.1 Å². The molecule has 1 aromatic heterocycles. The van der Waals surface area contributed by atoms with E-state index in [1.165, 1.54) is 6.42 Å². The van der Waals surface area contributed by atoms with Crippen LogP contribution in [-0.4, -0.2) is 42.5 Å². The molecule has 2 atom stereocenters. The van der Waals surface area contributed by atoms with Gasteiger partial charge in [0.05, 0.1) is 7.11 Å². The van der Waals surface area contributed by atoms with Gasteiger partial charge in [0.2, 0.25) is 5.91 Å². The van der Waals surface area contributed by atoms with Crippen molar-refractivity contribution in [2.24, 2.45) is 11.8 Å². The molecule has 0 aromatic carbocycles. The van der Waals surface area contributed by atoms with Crippen LogP contribution in [0.2, 0.25) is 0 Å². The number of aromatic nitrogens is 1. The quantitative estimate of drug-likeness (QED) is 0.905. The van der Waals surface area contributed by atoms with Gasteiger partial charge in [-0.25, -0.2) is 4.98 Å². The SMILES string of the molecule is COc1ccnc(NC(=O)CCN2CC(C)CC(C)C2)c1. The fourth-order valence-corrected chi connectivity index (χ4v) is 3.05. The predicted molar refractivity (Wildman–Crippen MR) is 83.4 cm³/mol. The summed E-state index contributed by atoms with van der Waals surface area (Å²) in [6, 6.07) is 3.48. The van der Waals surface area contributed by atoms with Crippen molar-refractivity contribution in [1.82, 2.24) is 9.88 Å². The molecule has 0 aliphatic carbocycles. The number of anilines is 1. The first-order valence-corrected chi connectivity index (χ1v) is 7.59. The van der Waals surface area contributed by atoms with E-state index in [0.29, 0.717) is 18.0 Å². The normalized spacial score (nSPS) is 22.8. The summed E-state index contributed by atoms with van der Waals surface area (Å²) in [6.45, 7) is 7.56. The number of carbonyl (C=O) groups excluding carboxylic acids is 1. The highest BCUT2D eigenvalue weighted by Crippen LogP contribution is 2.21. The lowest BCUT2D eigenvalue weighted by Crippen LogP contribution is -2.40. The maximum absolute atomic E-state index is 12.0. The van der Waals surface area contributed by atoms with Crippen molar-refractivity contribution in [3.05, 3.63) is 18.3 Å². The van der Waals surface area contributed by atoms with Gasteiger partial charge in [-0.15, -0.1) is 0 Å². The van der Waals surface area contributed by atoms with Crippen molar-refractivity contribution in [3.8, 4) is 5.75 Å². The Morgan fingerprint density at radius 2 is 2.14 bits per heavy atom. The molecular formula is C16H25N3O2. The van der Waals surface area contributed by atoms with E-state index in [4.69, 9.17) is 4.74 Å². The van der Waals surface area contributed by atoms with Crippen LogP contribution in [0.3, 0.4) is 0 Å². The van der Waals surface area contributed by atoms with Gasteiger partial charge < -0.3 is 15.0 Å². The Morgan fingerprint density at radius 1 is 1.43 bits per heavy atom. The van der Waals surface area contributed by atoms with Gasteiger partial charge in [0.25, 0.3) is 0 Å². The third kappa shape index (κ3) is 5.01. The third-order valence-corrected chi connectivity index (χ3v) is 3.83. The second kappa shape index (κ2) is 7.41. The molecule has 0 radical (unpaired) electrons. The number of amides is 1. The van der Waals surface area contributed by atoms with Gasteiger partial charge in [-0.2, -0.15) is 0 Å². The van der Waals surface area contributed by atoms with E-state index >= 15 is 0 Å². The summed E-state index contributed by atoms with van der Waals surface area (Å²) < 4.78 is 5.12. The molecule has 116 valence electrons. The Kier molecular flexibility index (Phi) is 5.56. The number of ether oxygens (including phenoxy) is 1. The Balaban J connectivity index is 1.79. The number of methoxy groups -OCH3 is 1. The minimum Gasteiger partial charge on any atom is -0.497 e. The minimum atomic E-state index is 0.00151. The molecule has 1 saturated heterocycles. The number of rotatable bonds is 5. The monoisotopic (exact) mass is 291 g/mol. The van der Waals surface area contributed by atoms with Crippen molar-refractivity contribution >= 4 is 11.7 Å². The molecule has 5 heteroatoms. The van der Waals surface area contributed by atoms with E-state index in [9.17, 15) is 4.79 Å². The second-order valence-corrected chi connectivity index (χ2v) is 6.08. The van der Waals surface area contributed by atoms with E-state index < -0.39 is 0 Å². The highest BCUT2D eigenvalue weighted by molar-refractivity contribution is 5.89. The van der Waals surface area contributed by atoms with Crippen molar-refractivity contribution in [1.29, 1.82) is 0 Å². The third-order valence-electron chi connectivity index (χ3n) is 3.83. The van der Waals surface area contributed by atoms with Crippen LogP contribution in [0, 0.1) is 11.8 Å².